The number of benzene rings is 1. The van der Waals surface area contributed by atoms with Crippen LogP contribution in [0.3, 0.4) is 0 Å². The Morgan fingerprint density at radius 2 is 2.36 bits per heavy atom. The molecule has 0 aliphatic rings. The van der Waals surface area contributed by atoms with Crippen LogP contribution in [0.4, 0.5) is 11.4 Å². The van der Waals surface area contributed by atoms with Gasteiger partial charge in [0.25, 0.3) is 0 Å². The van der Waals surface area contributed by atoms with Crippen molar-refractivity contribution >= 4 is 17.3 Å². The predicted molar refractivity (Wildman–Crippen MR) is 53.0 cm³/mol. The molecule has 0 bridgehead atoms. The highest BCUT2D eigenvalue weighted by Crippen LogP contribution is 2.24. The summed E-state index contributed by atoms with van der Waals surface area (Å²) in [4.78, 5) is 11.1. The number of methoxy groups -OCH3 is 1. The number of carbonyl (C=O) groups excluding carboxylic acids is 1. The molecule has 14 heavy (non-hydrogen) atoms. The van der Waals surface area contributed by atoms with E-state index in [2.05, 4.69) is 10.1 Å². The van der Waals surface area contributed by atoms with Crippen molar-refractivity contribution in [1.29, 1.82) is 0 Å². The zero-order chi connectivity index (χ0) is 10.6. The monoisotopic (exact) mass is 196 g/mol. The van der Waals surface area contributed by atoms with Crippen LogP contribution in [-0.2, 0) is 9.53 Å². The van der Waals surface area contributed by atoms with E-state index in [1.165, 1.54) is 19.2 Å². The molecule has 0 heterocycles. The van der Waals surface area contributed by atoms with Gasteiger partial charge < -0.3 is 20.9 Å². The van der Waals surface area contributed by atoms with Gasteiger partial charge in [-0.05, 0) is 12.1 Å². The number of nitrogen functional groups attached to an aromatic ring is 1. The molecule has 4 N–H and O–H groups in total. The molecule has 76 valence electrons. The van der Waals surface area contributed by atoms with Crippen molar-refractivity contribution in [2.75, 3.05) is 24.8 Å². The van der Waals surface area contributed by atoms with Crippen LogP contribution in [0, 0.1) is 0 Å². The van der Waals surface area contributed by atoms with Crippen LogP contribution in [0.1, 0.15) is 0 Å². The third-order valence-electron chi connectivity index (χ3n) is 1.57. The topological polar surface area (TPSA) is 84.6 Å². The van der Waals surface area contributed by atoms with Crippen LogP contribution in [0.15, 0.2) is 18.2 Å². The number of anilines is 2. The molecule has 1 aromatic carbocycles. The standard InChI is InChI=1S/C9H12N2O3/c1-14-5-9(13)11-7-3-2-6(10)4-8(7)12/h2-4,12H,5,10H2,1H3,(H,11,13). The highest BCUT2D eigenvalue weighted by Gasteiger charge is 2.05. The van der Waals surface area contributed by atoms with Crippen LogP contribution in [-0.4, -0.2) is 24.7 Å². The molecule has 0 aromatic heterocycles. The molecular formula is C9H12N2O3. The van der Waals surface area contributed by atoms with Gasteiger partial charge in [0, 0.05) is 18.9 Å². The van der Waals surface area contributed by atoms with Gasteiger partial charge in [-0.15, -0.1) is 0 Å². The summed E-state index contributed by atoms with van der Waals surface area (Å²) in [5, 5.41) is 11.8. The molecule has 0 aliphatic heterocycles. The highest BCUT2D eigenvalue weighted by atomic mass is 16.5. The number of aromatic hydroxyl groups is 1. The van der Waals surface area contributed by atoms with Gasteiger partial charge in [0.1, 0.15) is 12.4 Å². The van der Waals surface area contributed by atoms with E-state index in [4.69, 9.17) is 5.73 Å². The fraction of sp³-hybridized carbons (Fsp3) is 0.222. The first kappa shape index (κ1) is 10.3. The van der Waals surface area contributed by atoms with Gasteiger partial charge >= 0.3 is 0 Å². The maximum absolute atomic E-state index is 11.1. The number of rotatable bonds is 3. The summed E-state index contributed by atoms with van der Waals surface area (Å²) < 4.78 is 4.62. The minimum absolute atomic E-state index is 0.0518. The predicted octanol–water partition coefficient (Wildman–Crippen LogP) is 0.559. The van der Waals surface area contributed by atoms with Crippen molar-refractivity contribution in [2.24, 2.45) is 0 Å². The number of phenols is 1. The van der Waals surface area contributed by atoms with E-state index in [-0.39, 0.29) is 18.3 Å². The highest BCUT2D eigenvalue weighted by molar-refractivity contribution is 5.93. The van der Waals surface area contributed by atoms with Gasteiger partial charge in [-0.1, -0.05) is 0 Å². The number of hydrogen-bond acceptors (Lipinski definition) is 4. The molecule has 0 unspecified atom stereocenters. The van der Waals surface area contributed by atoms with E-state index < -0.39 is 0 Å². The molecule has 0 aliphatic carbocycles. The third-order valence-corrected chi connectivity index (χ3v) is 1.57. The Morgan fingerprint density at radius 3 is 2.93 bits per heavy atom. The van der Waals surface area contributed by atoms with Crippen LogP contribution in [0.2, 0.25) is 0 Å². The van der Waals surface area contributed by atoms with Gasteiger partial charge in [-0.3, -0.25) is 4.79 Å². The first-order valence-corrected chi connectivity index (χ1v) is 4.00. The normalized spacial score (nSPS) is 9.79. The molecule has 1 aromatic rings. The minimum atomic E-state index is -0.326. The lowest BCUT2D eigenvalue weighted by molar-refractivity contribution is -0.119. The second-order valence-electron chi connectivity index (χ2n) is 2.76. The number of amides is 1. The summed E-state index contributed by atoms with van der Waals surface area (Å²) >= 11 is 0. The van der Waals surface area contributed by atoms with Crippen molar-refractivity contribution in [1.82, 2.24) is 0 Å². The average Bonchev–Trinajstić information content (AvgIpc) is 2.10. The van der Waals surface area contributed by atoms with Crippen molar-refractivity contribution in [3.05, 3.63) is 18.2 Å². The smallest absolute Gasteiger partial charge is 0.250 e. The SMILES string of the molecule is COCC(=O)Nc1ccc(N)cc1O. The van der Waals surface area contributed by atoms with Crippen LogP contribution in [0.25, 0.3) is 0 Å². The molecule has 0 saturated heterocycles. The van der Waals surface area contributed by atoms with Gasteiger partial charge in [-0.25, -0.2) is 0 Å². The average molecular weight is 196 g/mol. The van der Waals surface area contributed by atoms with Gasteiger partial charge in [-0.2, -0.15) is 0 Å². The zero-order valence-corrected chi connectivity index (χ0v) is 7.78. The van der Waals surface area contributed by atoms with Gasteiger partial charge in [0.2, 0.25) is 5.91 Å². The Labute approximate surface area is 81.5 Å². The molecule has 0 saturated carbocycles. The van der Waals surface area contributed by atoms with Crippen molar-refractivity contribution in [2.45, 2.75) is 0 Å². The second kappa shape index (κ2) is 4.48. The maximum atomic E-state index is 11.1. The maximum Gasteiger partial charge on any atom is 0.250 e. The molecule has 1 rings (SSSR count). The molecule has 5 heteroatoms. The Bertz CT molecular complexity index is 339. The molecule has 0 atom stereocenters. The summed E-state index contributed by atoms with van der Waals surface area (Å²) in [6, 6.07) is 4.47. The Kier molecular flexibility index (Phi) is 3.30. The number of ether oxygens (including phenoxy) is 1. The molecule has 0 fully saturated rings. The number of nitrogens with two attached hydrogens (primary N) is 1. The minimum Gasteiger partial charge on any atom is -0.506 e. The summed E-state index contributed by atoms with van der Waals surface area (Å²) in [6.07, 6.45) is 0. The number of phenolic OH excluding ortho intramolecular Hbond substituents is 1. The largest absolute Gasteiger partial charge is 0.506 e. The second-order valence-corrected chi connectivity index (χ2v) is 2.76. The molecule has 0 radical (unpaired) electrons. The first-order valence-electron chi connectivity index (χ1n) is 4.00. The van der Waals surface area contributed by atoms with E-state index in [0.29, 0.717) is 11.4 Å². The summed E-state index contributed by atoms with van der Waals surface area (Å²) in [6.45, 7) is -0.0518. The first-order chi connectivity index (χ1) is 6.63. The van der Waals surface area contributed by atoms with Crippen LogP contribution >= 0.6 is 0 Å². The van der Waals surface area contributed by atoms with Crippen LogP contribution < -0.4 is 11.1 Å². The lowest BCUT2D eigenvalue weighted by Gasteiger charge is -2.06. The summed E-state index contributed by atoms with van der Waals surface area (Å²) in [7, 11) is 1.42. The quantitative estimate of drug-likeness (QED) is 0.487. The van der Waals surface area contributed by atoms with E-state index in [0.717, 1.165) is 0 Å². The van der Waals surface area contributed by atoms with Gasteiger partial charge in [0.15, 0.2) is 0 Å². The van der Waals surface area contributed by atoms with Crippen molar-refractivity contribution < 1.29 is 14.6 Å². The van der Waals surface area contributed by atoms with E-state index in [9.17, 15) is 9.90 Å². The lowest BCUT2D eigenvalue weighted by Crippen LogP contribution is -2.17. The summed E-state index contributed by atoms with van der Waals surface area (Å²) in [5.41, 5.74) is 6.18. The van der Waals surface area contributed by atoms with Crippen molar-refractivity contribution in [3.8, 4) is 5.75 Å². The van der Waals surface area contributed by atoms with E-state index in [1.54, 1.807) is 6.07 Å². The van der Waals surface area contributed by atoms with E-state index >= 15 is 0 Å². The Hall–Kier alpha value is -1.75. The van der Waals surface area contributed by atoms with Gasteiger partial charge in [0.05, 0.1) is 5.69 Å². The zero-order valence-electron chi connectivity index (χ0n) is 7.78. The Balaban J connectivity index is 2.72. The number of carbonyl (C=O) groups is 1. The molecule has 5 nitrogen and oxygen atoms in total. The molecule has 0 spiro atoms. The van der Waals surface area contributed by atoms with Crippen molar-refractivity contribution in [3.63, 3.8) is 0 Å². The third kappa shape index (κ3) is 2.63. The van der Waals surface area contributed by atoms with E-state index in [1.807, 2.05) is 0 Å². The van der Waals surface area contributed by atoms with Crippen LogP contribution in [0.5, 0.6) is 5.75 Å². The molecular weight excluding hydrogens is 184 g/mol. The summed E-state index contributed by atoms with van der Waals surface area (Å²) in [5.74, 6) is -0.387. The lowest BCUT2D eigenvalue weighted by atomic mass is 10.2. The number of hydrogen-bond donors (Lipinski definition) is 3. The fourth-order valence-corrected chi connectivity index (χ4v) is 0.972. The number of nitrogens with one attached hydrogen (secondary N) is 1. The Morgan fingerprint density at radius 1 is 1.64 bits per heavy atom. The fourth-order valence-electron chi connectivity index (χ4n) is 0.972. The molecule has 1 amide bonds.